The quantitative estimate of drug-likeness (QED) is 0.455. The predicted octanol–water partition coefficient (Wildman–Crippen LogP) is 4.07. The minimum Gasteiger partial charge on any atom is -0.493 e. The molecule has 1 aromatic heterocycles. The number of carbonyl (C=O) groups is 1. The minimum atomic E-state index is -0.953. The lowest BCUT2D eigenvalue weighted by Crippen LogP contribution is -2.16. The third-order valence-electron chi connectivity index (χ3n) is 4.88. The molecule has 1 unspecified atom stereocenters. The summed E-state index contributed by atoms with van der Waals surface area (Å²) in [4.78, 5) is 20.3. The Morgan fingerprint density at radius 3 is 2.34 bits per heavy atom. The van der Waals surface area contributed by atoms with Gasteiger partial charge in [-0.05, 0) is 30.2 Å². The first-order valence-corrected chi connectivity index (χ1v) is 10.2. The highest BCUT2D eigenvalue weighted by Crippen LogP contribution is 2.36. The second-order valence-electron chi connectivity index (χ2n) is 7.00. The Balaban J connectivity index is 2.01. The number of hydrogen-bond acceptors (Lipinski definition) is 8. The van der Waals surface area contributed by atoms with Gasteiger partial charge in [0.1, 0.15) is 12.1 Å². The van der Waals surface area contributed by atoms with Crippen molar-refractivity contribution < 1.29 is 28.8 Å². The van der Waals surface area contributed by atoms with Crippen LogP contribution in [0.25, 0.3) is 10.9 Å². The maximum Gasteiger partial charge on any atom is 0.305 e. The monoisotopic (exact) mass is 441 g/mol. The molecule has 0 fully saturated rings. The molecule has 32 heavy (non-hydrogen) atoms. The van der Waals surface area contributed by atoms with E-state index in [2.05, 4.69) is 15.3 Å². The number of anilines is 1. The molecule has 3 rings (SSSR count). The third-order valence-corrected chi connectivity index (χ3v) is 4.88. The fraction of sp³-hybridized carbons (Fsp3) is 0.348. The van der Waals surface area contributed by atoms with E-state index in [1.54, 1.807) is 45.6 Å². The zero-order chi connectivity index (χ0) is 23.1. The van der Waals surface area contributed by atoms with E-state index in [1.807, 2.05) is 13.0 Å². The predicted molar refractivity (Wildman–Crippen MR) is 120 cm³/mol. The molecule has 170 valence electrons. The summed E-state index contributed by atoms with van der Waals surface area (Å²) in [5, 5.41) is 13.4. The van der Waals surface area contributed by atoms with Crippen molar-refractivity contribution in [3.63, 3.8) is 0 Å². The van der Waals surface area contributed by atoms with Gasteiger partial charge in [0.25, 0.3) is 0 Å². The van der Waals surface area contributed by atoms with Crippen LogP contribution >= 0.6 is 0 Å². The molecule has 0 spiro atoms. The number of methoxy groups -OCH3 is 3. The SMILES string of the molecule is CCCOc1ccc(C(CC(=O)O)Nc2ncnc3cc(OC)c(OC)cc23)cc1OC. The van der Waals surface area contributed by atoms with Gasteiger partial charge in [0.15, 0.2) is 23.0 Å². The molecule has 1 heterocycles. The van der Waals surface area contributed by atoms with Gasteiger partial charge in [-0.3, -0.25) is 4.79 Å². The van der Waals surface area contributed by atoms with Crippen LogP contribution in [0, 0.1) is 0 Å². The number of hydrogen-bond donors (Lipinski definition) is 2. The summed E-state index contributed by atoms with van der Waals surface area (Å²) in [6.45, 7) is 2.58. The zero-order valence-electron chi connectivity index (χ0n) is 18.5. The molecule has 0 aliphatic carbocycles. The number of nitrogens with zero attached hydrogens (tertiary/aromatic N) is 2. The number of ether oxygens (including phenoxy) is 4. The number of benzene rings is 2. The number of carboxylic acid groups (broad SMARTS) is 1. The topological polar surface area (TPSA) is 112 Å². The van der Waals surface area contributed by atoms with Crippen LogP contribution in [0.1, 0.15) is 31.4 Å². The average Bonchev–Trinajstić information content (AvgIpc) is 2.81. The molecule has 9 nitrogen and oxygen atoms in total. The Labute approximate surface area is 186 Å². The molecule has 0 saturated carbocycles. The molecule has 0 amide bonds. The van der Waals surface area contributed by atoms with E-state index in [0.717, 1.165) is 12.0 Å². The van der Waals surface area contributed by atoms with Gasteiger partial charge < -0.3 is 29.4 Å². The van der Waals surface area contributed by atoms with Gasteiger partial charge >= 0.3 is 5.97 Å². The van der Waals surface area contributed by atoms with E-state index < -0.39 is 12.0 Å². The van der Waals surface area contributed by atoms with E-state index in [4.69, 9.17) is 18.9 Å². The summed E-state index contributed by atoms with van der Waals surface area (Å²) in [7, 11) is 4.64. The van der Waals surface area contributed by atoms with Crippen LogP contribution in [0.3, 0.4) is 0 Å². The minimum absolute atomic E-state index is 0.170. The van der Waals surface area contributed by atoms with Gasteiger partial charge in [0.2, 0.25) is 0 Å². The van der Waals surface area contributed by atoms with Crippen LogP contribution in [0.2, 0.25) is 0 Å². The third kappa shape index (κ3) is 5.11. The highest BCUT2D eigenvalue weighted by atomic mass is 16.5. The lowest BCUT2D eigenvalue weighted by Gasteiger charge is -2.21. The van der Waals surface area contributed by atoms with E-state index >= 15 is 0 Å². The molecule has 1 atom stereocenters. The molecule has 2 N–H and O–H groups in total. The number of aliphatic carboxylic acids is 1. The summed E-state index contributed by atoms with van der Waals surface area (Å²) < 4.78 is 21.9. The standard InChI is InChI=1S/C23H27N3O6/c1-5-8-32-18-7-6-14(9-19(18)29-2)16(12-22(27)28)26-23-15-10-20(30-3)21(31-4)11-17(15)24-13-25-23/h6-7,9-11,13,16H,5,8,12H2,1-4H3,(H,27,28)(H,24,25,26). The Hall–Kier alpha value is -3.75. The van der Waals surface area contributed by atoms with Crippen LogP contribution in [0.15, 0.2) is 36.7 Å². The largest absolute Gasteiger partial charge is 0.493 e. The normalized spacial score (nSPS) is 11.6. The molecule has 0 aliphatic heterocycles. The second kappa shape index (κ2) is 10.5. The van der Waals surface area contributed by atoms with Crippen LogP contribution in [-0.4, -0.2) is 49.0 Å². The highest BCUT2D eigenvalue weighted by molar-refractivity contribution is 5.91. The maximum absolute atomic E-state index is 11.6. The molecular weight excluding hydrogens is 414 g/mol. The van der Waals surface area contributed by atoms with Crippen molar-refractivity contribution in [1.82, 2.24) is 9.97 Å². The summed E-state index contributed by atoms with van der Waals surface area (Å²) in [6.07, 6.45) is 2.11. The number of carboxylic acids is 1. The first kappa shape index (κ1) is 22.9. The van der Waals surface area contributed by atoms with Crippen molar-refractivity contribution in [2.24, 2.45) is 0 Å². The maximum atomic E-state index is 11.6. The van der Waals surface area contributed by atoms with Gasteiger partial charge in [0.05, 0.1) is 45.9 Å². The van der Waals surface area contributed by atoms with Crippen LogP contribution in [0.5, 0.6) is 23.0 Å². The van der Waals surface area contributed by atoms with E-state index in [0.29, 0.717) is 46.3 Å². The summed E-state index contributed by atoms with van der Waals surface area (Å²) in [5.74, 6) is 1.73. The fourth-order valence-electron chi connectivity index (χ4n) is 3.32. The highest BCUT2D eigenvalue weighted by Gasteiger charge is 2.20. The Bertz CT molecular complexity index is 1090. The summed E-state index contributed by atoms with van der Waals surface area (Å²) >= 11 is 0. The van der Waals surface area contributed by atoms with Gasteiger partial charge in [-0.25, -0.2) is 9.97 Å². The molecule has 0 bridgehead atoms. The Kier molecular flexibility index (Phi) is 7.54. The zero-order valence-corrected chi connectivity index (χ0v) is 18.5. The molecule has 0 aliphatic rings. The van der Waals surface area contributed by atoms with Crippen molar-refractivity contribution in [3.05, 3.63) is 42.2 Å². The summed E-state index contributed by atoms with van der Waals surface area (Å²) in [5.41, 5.74) is 1.36. The van der Waals surface area contributed by atoms with E-state index in [1.165, 1.54) is 6.33 Å². The van der Waals surface area contributed by atoms with Gasteiger partial charge in [0, 0.05) is 11.5 Å². The molecule has 0 radical (unpaired) electrons. The van der Waals surface area contributed by atoms with Gasteiger partial charge in [-0.15, -0.1) is 0 Å². The van der Waals surface area contributed by atoms with Crippen molar-refractivity contribution in [2.75, 3.05) is 33.3 Å². The number of fused-ring (bicyclic) bond motifs is 1. The second-order valence-corrected chi connectivity index (χ2v) is 7.00. The van der Waals surface area contributed by atoms with Crippen molar-refractivity contribution in [2.45, 2.75) is 25.8 Å². The lowest BCUT2D eigenvalue weighted by atomic mass is 10.0. The van der Waals surface area contributed by atoms with Crippen molar-refractivity contribution in [1.29, 1.82) is 0 Å². The van der Waals surface area contributed by atoms with Crippen LogP contribution in [0.4, 0.5) is 5.82 Å². The van der Waals surface area contributed by atoms with Crippen LogP contribution in [-0.2, 0) is 4.79 Å². The molecule has 9 heteroatoms. The molecule has 3 aromatic rings. The Morgan fingerprint density at radius 1 is 1.00 bits per heavy atom. The van der Waals surface area contributed by atoms with Crippen molar-refractivity contribution >= 4 is 22.7 Å². The number of nitrogens with one attached hydrogen (secondary N) is 1. The van der Waals surface area contributed by atoms with Gasteiger partial charge in [-0.1, -0.05) is 13.0 Å². The van der Waals surface area contributed by atoms with E-state index in [9.17, 15) is 9.90 Å². The molecular formula is C23H27N3O6. The summed E-state index contributed by atoms with van der Waals surface area (Å²) in [6, 6.07) is 8.31. The molecule has 2 aromatic carbocycles. The molecule has 0 saturated heterocycles. The smallest absolute Gasteiger partial charge is 0.305 e. The first-order chi connectivity index (χ1) is 15.5. The lowest BCUT2D eigenvalue weighted by molar-refractivity contribution is -0.137. The fourth-order valence-corrected chi connectivity index (χ4v) is 3.32. The Morgan fingerprint density at radius 2 is 1.69 bits per heavy atom. The van der Waals surface area contributed by atoms with Crippen molar-refractivity contribution in [3.8, 4) is 23.0 Å². The van der Waals surface area contributed by atoms with Gasteiger partial charge in [-0.2, -0.15) is 0 Å². The number of aromatic nitrogens is 2. The average molecular weight is 441 g/mol. The number of rotatable bonds is 11. The van der Waals surface area contributed by atoms with Crippen LogP contribution < -0.4 is 24.3 Å². The van der Waals surface area contributed by atoms with E-state index in [-0.39, 0.29) is 6.42 Å². The first-order valence-electron chi connectivity index (χ1n) is 10.2.